The minimum absolute atomic E-state index is 0.102. The van der Waals surface area contributed by atoms with Crippen LogP contribution in [-0.4, -0.2) is 32.5 Å². The zero-order valence-corrected chi connectivity index (χ0v) is 21.7. The number of benzene rings is 1. The molecule has 1 saturated carbocycles. The Morgan fingerprint density at radius 1 is 1.14 bits per heavy atom. The average molecular weight is 757 g/mol. The van der Waals surface area contributed by atoms with Crippen LogP contribution in [0.2, 0.25) is 0 Å². The van der Waals surface area contributed by atoms with Gasteiger partial charge in [0.1, 0.15) is 6.10 Å². The van der Waals surface area contributed by atoms with Crippen LogP contribution < -0.4 is 4.72 Å². The van der Waals surface area contributed by atoms with Crippen molar-refractivity contribution >= 4 is 83.8 Å². The summed E-state index contributed by atoms with van der Waals surface area (Å²) in [5.41, 5.74) is -4.76. The molecule has 0 radical (unpaired) electrons. The molecule has 0 spiro atoms. The first-order chi connectivity index (χ1) is 12.9. The first-order valence-electron chi connectivity index (χ1n) is 8.32. The van der Waals surface area contributed by atoms with Gasteiger partial charge in [-0.15, -0.1) is 0 Å². The Morgan fingerprint density at radius 3 is 2.32 bits per heavy atom. The Hall–Kier alpha value is 0.580. The number of halogens is 6. The predicted molar refractivity (Wildman–Crippen MR) is 123 cm³/mol. The predicted octanol–water partition coefficient (Wildman–Crippen LogP) is 5.05. The number of ether oxygens (including phenoxy) is 1. The number of sulfonamides is 1. The second-order valence-corrected chi connectivity index (χ2v) is 11.7. The number of nitrogens with one attached hydrogen (secondary N) is 1. The van der Waals surface area contributed by atoms with Crippen molar-refractivity contribution < 1.29 is 31.1 Å². The molecule has 1 N–H and O–H groups in total. The normalized spacial score (nSPS) is 20.8. The van der Waals surface area contributed by atoms with Gasteiger partial charge >= 0.3 is 21.5 Å². The van der Waals surface area contributed by atoms with Gasteiger partial charge in [0.2, 0.25) is 0 Å². The van der Waals surface area contributed by atoms with Crippen molar-refractivity contribution in [2.45, 2.75) is 43.7 Å². The molecule has 1 aliphatic carbocycles. The average Bonchev–Trinajstić information content (AvgIpc) is 2.58. The fourth-order valence-corrected chi connectivity index (χ4v) is 5.86. The first-order valence-corrected chi connectivity index (χ1v) is 13.0. The third kappa shape index (κ3) is 6.80. The molecule has 1 fully saturated rings. The summed E-state index contributed by atoms with van der Waals surface area (Å²) < 4.78 is 68.8. The summed E-state index contributed by atoms with van der Waals surface area (Å²) in [6.07, 6.45) is 2.66. The number of esters is 1. The molecule has 1 aromatic carbocycles. The van der Waals surface area contributed by atoms with Gasteiger partial charge in [-0.3, -0.25) is 0 Å². The lowest BCUT2D eigenvalue weighted by atomic mass is 9.85. The fraction of sp³-hybridized carbons (Fsp3) is 0.562. The lowest BCUT2D eigenvalue weighted by Crippen LogP contribution is -2.37. The van der Waals surface area contributed by atoms with Crippen LogP contribution >= 0.6 is 67.8 Å². The molecule has 0 bridgehead atoms. The SMILES string of the molecule is O=C(OC1CCC(CCNS(=O)(=O)C(F)(F)F)CC1)c1cc(I)cc(I)c1I. The molecule has 12 heteroatoms. The number of rotatable bonds is 6. The highest BCUT2D eigenvalue weighted by Crippen LogP contribution is 2.30. The van der Waals surface area contributed by atoms with Crippen LogP contribution in [0.15, 0.2) is 12.1 Å². The number of hydrogen-bond acceptors (Lipinski definition) is 4. The molecule has 0 saturated heterocycles. The van der Waals surface area contributed by atoms with E-state index in [1.807, 2.05) is 6.07 Å². The van der Waals surface area contributed by atoms with Gasteiger partial charge in [-0.2, -0.15) is 13.2 Å². The quantitative estimate of drug-likeness (QED) is 0.251. The maximum Gasteiger partial charge on any atom is 0.511 e. The van der Waals surface area contributed by atoms with Gasteiger partial charge in [0.05, 0.1) is 5.56 Å². The Bertz CT molecular complexity index is 825. The van der Waals surface area contributed by atoms with E-state index in [1.165, 1.54) is 0 Å². The van der Waals surface area contributed by atoms with Gasteiger partial charge < -0.3 is 4.74 Å². The summed E-state index contributed by atoms with van der Waals surface area (Å²) in [6, 6.07) is 3.75. The molecule has 0 aliphatic heterocycles. The van der Waals surface area contributed by atoms with E-state index in [9.17, 15) is 26.4 Å². The topological polar surface area (TPSA) is 72.5 Å². The monoisotopic (exact) mass is 757 g/mol. The molecule has 0 unspecified atom stereocenters. The van der Waals surface area contributed by atoms with Crippen molar-refractivity contribution in [2.24, 2.45) is 5.92 Å². The number of alkyl halides is 3. The smallest absolute Gasteiger partial charge is 0.459 e. The lowest BCUT2D eigenvalue weighted by molar-refractivity contribution is -0.0448. The molecule has 1 aliphatic rings. The molecule has 1 aromatic rings. The fourth-order valence-electron chi connectivity index (χ4n) is 2.94. The Balaban J connectivity index is 1.81. The summed E-state index contributed by atoms with van der Waals surface area (Å²) in [7, 11) is -5.29. The van der Waals surface area contributed by atoms with Crippen LogP contribution in [0.4, 0.5) is 13.2 Å². The van der Waals surface area contributed by atoms with Gasteiger partial charge in [0, 0.05) is 17.3 Å². The van der Waals surface area contributed by atoms with Crippen LogP contribution in [0, 0.1) is 16.6 Å². The summed E-state index contributed by atoms with van der Waals surface area (Å²) in [4.78, 5) is 12.5. The third-order valence-electron chi connectivity index (χ3n) is 4.43. The highest BCUT2D eigenvalue weighted by Gasteiger charge is 2.45. The van der Waals surface area contributed by atoms with E-state index >= 15 is 0 Å². The van der Waals surface area contributed by atoms with E-state index in [1.54, 1.807) is 10.8 Å². The van der Waals surface area contributed by atoms with Gasteiger partial charge in [-0.05, 0) is 118 Å². The molecular formula is C16H17F3I3NO4S. The zero-order chi connectivity index (χ0) is 21.1. The third-order valence-corrected chi connectivity index (χ3v) is 9.29. The highest BCUT2D eigenvalue weighted by atomic mass is 127. The zero-order valence-electron chi connectivity index (χ0n) is 14.4. The largest absolute Gasteiger partial charge is 0.511 e. The molecule has 5 nitrogen and oxygen atoms in total. The van der Waals surface area contributed by atoms with Crippen LogP contribution in [0.3, 0.4) is 0 Å². The van der Waals surface area contributed by atoms with Crippen molar-refractivity contribution in [1.29, 1.82) is 0 Å². The van der Waals surface area contributed by atoms with Crippen molar-refractivity contribution in [2.75, 3.05) is 6.54 Å². The Labute approximate surface area is 202 Å². The minimum Gasteiger partial charge on any atom is -0.459 e. The van der Waals surface area contributed by atoms with E-state index in [0.29, 0.717) is 37.7 Å². The van der Waals surface area contributed by atoms with Crippen molar-refractivity contribution in [3.05, 3.63) is 28.4 Å². The minimum atomic E-state index is -5.29. The first kappa shape index (κ1) is 24.8. The van der Waals surface area contributed by atoms with Gasteiger partial charge in [0.15, 0.2) is 0 Å². The number of carbonyl (C=O) groups is 1. The molecule has 0 aromatic heterocycles. The van der Waals surface area contributed by atoms with Crippen LogP contribution in [0.1, 0.15) is 42.5 Å². The van der Waals surface area contributed by atoms with Crippen LogP contribution in [-0.2, 0) is 14.8 Å². The summed E-state index contributed by atoms with van der Waals surface area (Å²) in [5.74, 6) is -0.271. The van der Waals surface area contributed by atoms with Gasteiger partial charge in [-0.1, -0.05) is 0 Å². The standard InChI is InChI=1S/C16H17F3I3NO4S/c17-16(18,19)28(25,26)23-6-5-9-1-3-11(4-2-9)27-15(24)12-7-10(20)8-13(21)14(12)22/h7-9,11,23H,1-6H2. The molecular weight excluding hydrogens is 740 g/mol. The van der Waals surface area contributed by atoms with E-state index in [2.05, 4.69) is 67.8 Å². The van der Waals surface area contributed by atoms with E-state index in [4.69, 9.17) is 4.74 Å². The molecule has 0 heterocycles. The lowest BCUT2D eigenvalue weighted by Gasteiger charge is -2.28. The number of hydrogen-bond donors (Lipinski definition) is 1. The van der Waals surface area contributed by atoms with Crippen molar-refractivity contribution in [3.8, 4) is 0 Å². The molecule has 28 heavy (non-hydrogen) atoms. The van der Waals surface area contributed by atoms with Gasteiger partial charge in [0.25, 0.3) is 0 Å². The number of carbonyl (C=O) groups excluding carboxylic acids is 1. The molecule has 2 rings (SSSR count). The molecule has 158 valence electrons. The maximum absolute atomic E-state index is 12.5. The molecule has 0 atom stereocenters. The van der Waals surface area contributed by atoms with Crippen molar-refractivity contribution in [3.63, 3.8) is 0 Å². The second-order valence-electron chi connectivity index (χ2n) is 6.43. The summed E-state index contributed by atoms with van der Waals surface area (Å²) in [5, 5.41) is 0. The van der Waals surface area contributed by atoms with Crippen LogP contribution in [0.25, 0.3) is 0 Å². The summed E-state index contributed by atoms with van der Waals surface area (Å²) >= 11 is 6.42. The van der Waals surface area contributed by atoms with E-state index in [-0.39, 0.29) is 24.5 Å². The maximum atomic E-state index is 12.5. The van der Waals surface area contributed by atoms with Crippen molar-refractivity contribution in [1.82, 2.24) is 4.72 Å². The summed E-state index contributed by atoms with van der Waals surface area (Å²) in [6.45, 7) is -0.254. The van der Waals surface area contributed by atoms with E-state index < -0.39 is 15.5 Å². The van der Waals surface area contributed by atoms with Crippen LogP contribution in [0.5, 0.6) is 0 Å². The second kappa shape index (κ2) is 10.3. The van der Waals surface area contributed by atoms with E-state index in [0.717, 1.165) is 10.7 Å². The Kier molecular flexibility index (Phi) is 9.10. The molecule has 0 amide bonds. The van der Waals surface area contributed by atoms with Gasteiger partial charge in [-0.25, -0.2) is 17.9 Å². The highest BCUT2D eigenvalue weighted by molar-refractivity contribution is 14.1. The Morgan fingerprint density at radius 2 is 1.75 bits per heavy atom.